The highest BCUT2D eigenvalue weighted by Crippen LogP contribution is 2.27. The minimum atomic E-state index is -0.685. The Kier molecular flexibility index (Phi) is 7.59. The molecule has 0 spiro atoms. The number of rotatable bonds is 8. The van der Waals surface area contributed by atoms with Crippen LogP contribution in [0.15, 0.2) is 72.8 Å². The lowest BCUT2D eigenvalue weighted by Crippen LogP contribution is -2.12. The van der Waals surface area contributed by atoms with E-state index in [4.69, 9.17) is 14.2 Å². The number of ether oxygens (including phenoxy) is 3. The molecule has 0 unspecified atom stereocenters. The molecule has 7 nitrogen and oxygen atoms in total. The van der Waals surface area contributed by atoms with Crippen molar-refractivity contribution in [2.24, 2.45) is 0 Å². The SMILES string of the molecule is COC(=O)c1ccc(Oc2cccc(NC(=O)CCc3ccccc3)c2)cc1C(=O)OC. The van der Waals surface area contributed by atoms with Crippen molar-refractivity contribution in [2.75, 3.05) is 19.5 Å². The lowest BCUT2D eigenvalue weighted by Gasteiger charge is -2.11. The number of carbonyl (C=O) groups is 3. The van der Waals surface area contributed by atoms with E-state index in [2.05, 4.69) is 5.32 Å². The van der Waals surface area contributed by atoms with Crippen LogP contribution < -0.4 is 10.1 Å². The number of esters is 2. The quantitative estimate of drug-likeness (QED) is 0.521. The summed E-state index contributed by atoms with van der Waals surface area (Å²) in [4.78, 5) is 36.3. The van der Waals surface area contributed by atoms with Crippen LogP contribution >= 0.6 is 0 Å². The van der Waals surface area contributed by atoms with Gasteiger partial charge in [0.05, 0.1) is 25.3 Å². The first-order valence-corrected chi connectivity index (χ1v) is 9.92. The molecule has 0 aliphatic carbocycles. The number of amides is 1. The molecular weight excluding hydrogens is 410 g/mol. The van der Waals surface area contributed by atoms with Crippen molar-refractivity contribution < 1.29 is 28.6 Å². The molecule has 1 amide bonds. The first-order valence-electron chi connectivity index (χ1n) is 9.92. The molecule has 0 atom stereocenters. The highest BCUT2D eigenvalue weighted by Gasteiger charge is 2.19. The Morgan fingerprint density at radius 2 is 1.44 bits per heavy atom. The topological polar surface area (TPSA) is 90.9 Å². The number of carbonyl (C=O) groups excluding carboxylic acids is 3. The minimum absolute atomic E-state index is 0.0298. The summed E-state index contributed by atoms with van der Waals surface area (Å²) in [6.45, 7) is 0. The van der Waals surface area contributed by atoms with Gasteiger partial charge in [0.25, 0.3) is 0 Å². The Hall–Kier alpha value is -4.13. The van der Waals surface area contributed by atoms with Gasteiger partial charge in [-0.15, -0.1) is 0 Å². The van der Waals surface area contributed by atoms with E-state index in [0.717, 1.165) is 5.56 Å². The van der Waals surface area contributed by atoms with Crippen molar-refractivity contribution in [3.05, 3.63) is 89.5 Å². The van der Waals surface area contributed by atoms with Gasteiger partial charge in [0, 0.05) is 18.2 Å². The lowest BCUT2D eigenvalue weighted by atomic mass is 10.1. The average Bonchev–Trinajstić information content (AvgIpc) is 2.82. The molecule has 3 aromatic carbocycles. The van der Waals surface area contributed by atoms with E-state index in [-0.39, 0.29) is 17.0 Å². The first kappa shape index (κ1) is 22.6. The third-order valence-corrected chi connectivity index (χ3v) is 4.64. The third-order valence-electron chi connectivity index (χ3n) is 4.64. The zero-order valence-electron chi connectivity index (χ0n) is 17.8. The number of nitrogens with one attached hydrogen (secondary N) is 1. The van der Waals surface area contributed by atoms with E-state index in [0.29, 0.717) is 30.0 Å². The zero-order valence-corrected chi connectivity index (χ0v) is 17.8. The Morgan fingerprint density at radius 3 is 2.16 bits per heavy atom. The molecule has 0 saturated heterocycles. The van der Waals surface area contributed by atoms with Crippen molar-refractivity contribution in [3.8, 4) is 11.5 Å². The van der Waals surface area contributed by atoms with E-state index in [1.165, 1.54) is 26.4 Å². The molecule has 3 rings (SSSR count). The number of aryl methyl sites for hydroxylation is 1. The fourth-order valence-electron chi connectivity index (χ4n) is 3.05. The van der Waals surface area contributed by atoms with Crippen LogP contribution in [0.3, 0.4) is 0 Å². The molecule has 3 aromatic rings. The van der Waals surface area contributed by atoms with Gasteiger partial charge in [0.2, 0.25) is 5.91 Å². The summed E-state index contributed by atoms with van der Waals surface area (Å²) in [7, 11) is 2.45. The molecule has 1 N–H and O–H groups in total. The normalized spacial score (nSPS) is 10.2. The molecule has 0 bridgehead atoms. The Balaban J connectivity index is 1.69. The number of benzene rings is 3. The molecule has 164 valence electrons. The van der Waals surface area contributed by atoms with E-state index in [1.807, 2.05) is 30.3 Å². The van der Waals surface area contributed by atoms with E-state index >= 15 is 0 Å². The van der Waals surface area contributed by atoms with Crippen LogP contribution in [-0.2, 0) is 20.7 Å². The smallest absolute Gasteiger partial charge is 0.338 e. The van der Waals surface area contributed by atoms with Crippen LogP contribution in [0.2, 0.25) is 0 Å². The number of methoxy groups -OCH3 is 2. The molecule has 0 heterocycles. The molecular formula is C25H23NO6. The highest BCUT2D eigenvalue weighted by atomic mass is 16.5. The van der Waals surface area contributed by atoms with Crippen LogP contribution in [0.1, 0.15) is 32.7 Å². The van der Waals surface area contributed by atoms with Crippen LogP contribution in [-0.4, -0.2) is 32.1 Å². The fraction of sp³-hybridized carbons (Fsp3) is 0.160. The Bertz CT molecular complexity index is 1110. The summed E-state index contributed by atoms with van der Waals surface area (Å²) in [5, 5.41) is 2.85. The van der Waals surface area contributed by atoms with Crippen molar-refractivity contribution in [2.45, 2.75) is 12.8 Å². The van der Waals surface area contributed by atoms with E-state index in [9.17, 15) is 14.4 Å². The van der Waals surface area contributed by atoms with Crippen molar-refractivity contribution in [1.82, 2.24) is 0 Å². The summed E-state index contributed by atoms with van der Waals surface area (Å²) in [6, 6.07) is 21.1. The van der Waals surface area contributed by atoms with Crippen molar-refractivity contribution in [1.29, 1.82) is 0 Å². The average molecular weight is 433 g/mol. The second-order valence-electron chi connectivity index (χ2n) is 6.85. The summed E-state index contributed by atoms with van der Waals surface area (Å²) < 4.78 is 15.3. The standard InChI is InChI=1S/C25H23NO6/c1-30-24(28)21-13-12-20(16-22(21)25(29)31-2)32-19-10-6-9-18(15-19)26-23(27)14-11-17-7-4-3-5-8-17/h3-10,12-13,15-16H,11,14H2,1-2H3,(H,26,27). The third kappa shape index (κ3) is 5.95. The van der Waals surface area contributed by atoms with E-state index in [1.54, 1.807) is 30.3 Å². The maximum absolute atomic E-state index is 12.3. The molecule has 0 aliphatic rings. The van der Waals surface area contributed by atoms with E-state index < -0.39 is 11.9 Å². The monoisotopic (exact) mass is 433 g/mol. The molecule has 0 aromatic heterocycles. The number of hydrogen-bond donors (Lipinski definition) is 1. The fourth-order valence-corrected chi connectivity index (χ4v) is 3.05. The zero-order chi connectivity index (χ0) is 22.9. The predicted octanol–water partition coefficient (Wildman–Crippen LogP) is 4.62. The summed E-state index contributed by atoms with van der Waals surface area (Å²) >= 11 is 0. The summed E-state index contributed by atoms with van der Waals surface area (Å²) in [6.07, 6.45) is 0.998. The summed E-state index contributed by atoms with van der Waals surface area (Å²) in [5.74, 6) is -0.674. The summed E-state index contributed by atoms with van der Waals surface area (Å²) in [5.41, 5.74) is 1.78. The maximum atomic E-state index is 12.3. The molecule has 0 aliphatic heterocycles. The van der Waals surface area contributed by atoms with Gasteiger partial charge >= 0.3 is 11.9 Å². The first-order chi connectivity index (χ1) is 15.5. The minimum Gasteiger partial charge on any atom is -0.465 e. The second kappa shape index (κ2) is 10.8. The highest BCUT2D eigenvalue weighted by molar-refractivity contribution is 6.03. The largest absolute Gasteiger partial charge is 0.465 e. The second-order valence-corrected chi connectivity index (χ2v) is 6.85. The molecule has 7 heteroatoms. The van der Waals surface area contributed by atoms with Gasteiger partial charge < -0.3 is 19.5 Å². The molecule has 0 saturated carbocycles. The van der Waals surface area contributed by atoms with Crippen LogP contribution in [0.4, 0.5) is 5.69 Å². The molecule has 32 heavy (non-hydrogen) atoms. The maximum Gasteiger partial charge on any atom is 0.338 e. The molecule has 0 radical (unpaired) electrons. The van der Waals surface area contributed by atoms with Gasteiger partial charge in [-0.25, -0.2) is 9.59 Å². The van der Waals surface area contributed by atoms with Gasteiger partial charge in [-0.2, -0.15) is 0 Å². The van der Waals surface area contributed by atoms with Gasteiger partial charge in [-0.3, -0.25) is 4.79 Å². The predicted molar refractivity (Wildman–Crippen MR) is 119 cm³/mol. The Labute approximate surface area is 185 Å². The van der Waals surface area contributed by atoms with Crippen LogP contribution in [0.5, 0.6) is 11.5 Å². The number of anilines is 1. The van der Waals surface area contributed by atoms with Gasteiger partial charge in [-0.05, 0) is 42.3 Å². The Morgan fingerprint density at radius 1 is 0.750 bits per heavy atom. The van der Waals surface area contributed by atoms with Gasteiger partial charge in [-0.1, -0.05) is 36.4 Å². The van der Waals surface area contributed by atoms with Crippen molar-refractivity contribution >= 4 is 23.5 Å². The number of hydrogen-bond acceptors (Lipinski definition) is 6. The lowest BCUT2D eigenvalue weighted by molar-refractivity contribution is -0.116. The van der Waals surface area contributed by atoms with Crippen molar-refractivity contribution in [3.63, 3.8) is 0 Å². The van der Waals surface area contributed by atoms with Gasteiger partial charge in [0.1, 0.15) is 11.5 Å². The molecule has 0 fully saturated rings. The van der Waals surface area contributed by atoms with Crippen LogP contribution in [0, 0.1) is 0 Å². The van der Waals surface area contributed by atoms with Gasteiger partial charge in [0.15, 0.2) is 0 Å². The van der Waals surface area contributed by atoms with Crippen LogP contribution in [0.25, 0.3) is 0 Å².